The first kappa shape index (κ1) is 34.7. The van der Waals surface area contributed by atoms with Gasteiger partial charge >= 0.3 is 0 Å². The van der Waals surface area contributed by atoms with Gasteiger partial charge in [-0.1, -0.05) is 41.1 Å². The number of hydrogen-bond acceptors (Lipinski definition) is 10. The second-order valence-electron chi connectivity index (χ2n) is 11.1. The van der Waals surface area contributed by atoms with E-state index in [1.54, 1.807) is 29.1 Å². The van der Waals surface area contributed by atoms with Crippen molar-refractivity contribution >= 4 is 34.9 Å². The molecular formula is C35H33ClF2N8O4. The predicted molar refractivity (Wildman–Crippen MR) is 183 cm³/mol. The summed E-state index contributed by atoms with van der Waals surface area (Å²) in [4.78, 5) is 24.5. The number of aliphatic imine (C=N–C) groups is 1. The van der Waals surface area contributed by atoms with Gasteiger partial charge in [0.05, 0.1) is 75.9 Å². The second kappa shape index (κ2) is 16.5. The van der Waals surface area contributed by atoms with Gasteiger partial charge in [0.1, 0.15) is 17.3 Å². The number of nitrogens with one attached hydrogen (secondary N) is 1. The lowest BCUT2D eigenvalue weighted by Gasteiger charge is -2.13. The Kier molecular flexibility index (Phi) is 11.5. The van der Waals surface area contributed by atoms with E-state index < -0.39 is 17.5 Å². The zero-order valence-corrected chi connectivity index (χ0v) is 27.6. The van der Waals surface area contributed by atoms with Gasteiger partial charge < -0.3 is 25.3 Å². The van der Waals surface area contributed by atoms with Gasteiger partial charge in [-0.15, -0.1) is 5.10 Å². The molecule has 50 heavy (non-hydrogen) atoms. The minimum Gasteiger partial charge on any atom is -0.379 e. The first-order valence-electron chi connectivity index (χ1n) is 15.8. The molecule has 5 aromatic rings. The lowest BCUT2D eigenvalue weighted by Crippen LogP contribution is -2.15. The number of anilines is 2. The van der Waals surface area contributed by atoms with Crippen molar-refractivity contribution in [2.75, 3.05) is 45.0 Å². The molecule has 1 amide bonds. The van der Waals surface area contributed by atoms with E-state index in [1.807, 2.05) is 30.5 Å². The minimum absolute atomic E-state index is 0.124. The molecule has 0 aliphatic carbocycles. The van der Waals surface area contributed by atoms with E-state index in [4.69, 9.17) is 36.5 Å². The third kappa shape index (κ3) is 8.71. The molecule has 1 aliphatic heterocycles. The summed E-state index contributed by atoms with van der Waals surface area (Å²) in [6, 6.07) is 16.4. The number of fused-ring (bicyclic) bond motifs is 3. The van der Waals surface area contributed by atoms with Crippen LogP contribution in [-0.2, 0) is 32.1 Å². The standard InChI is InChI=1S/C35H33ClF2N8O4/c36-24-6-9-26-27(18-24)34(32-28(37)2-1-3-29(32)38)40-19-23-20-41-35(43-33(23)26)42-25-7-4-22(5-8-25)30-21-46(45-44-30)11-13-49-15-17-50-16-14-48-12-10-31(39)47/h1-9,18,20-21H,10-17,19H2,(H2,39,47)(H,41,42,43). The first-order valence-corrected chi connectivity index (χ1v) is 16.2. The third-order valence-corrected chi connectivity index (χ3v) is 7.88. The zero-order valence-electron chi connectivity index (χ0n) is 26.8. The van der Waals surface area contributed by atoms with Gasteiger partial charge in [-0.25, -0.2) is 23.4 Å². The second-order valence-corrected chi connectivity index (χ2v) is 11.6. The molecular weight excluding hydrogens is 670 g/mol. The minimum atomic E-state index is -0.717. The van der Waals surface area contributed by atoms with Gasteiger partial charge in [-0.3, -0.25) is 9.79 Å². The Hall–Kier alpha value is -5.15. The fourth-order valence-electron chi connectivity index (χ4n) is 5.19. The van der Waals surface area contributed by atoms with E-state index >= 15 is 0 Å². The van der Waals surface area contributed by atoms with Crippen molar-refractivity contribution in [1.82, 2.24) is 25.0 Å². The van der Waals surface area contributed by atoms with Crippen LogP contribution in [0.2, 0.25) is 5.02 Å². The summed E-state index contributed by atoms with van der Waals surface area (Å²) in [5.74, 6) is -1.49. The maximum absolute atomic E-state index is 14.9. The highest BCUT2D eigenvalue weighted by Gasteiger charge is 2.25. The molecule has 0 fully saturated rings. The lowest BCUT2D eigenvalue weighted by atomic mass is 9.95. The molecule has 0 radical (unpaired) electrons. The smallest absolute Gasteiger partial charge is 0.227 e. The molecule has 258 valence electrons. The summed E-state index contributed by atoms with van der Waals surface area (Å²) < 4.78 is 47.7. The van der Waals surface area contributed by atoms with Crippen molar-refractivity contribution in [3.8, 4) is 22.5 Å². The van der Waals surface area contributed by atoms with E-state index in [-0.39, 0.29) is 30.8 Å². The van der Waals surface area contributed by atoms with Gasteiger partial charge in [0.2, 0.25) is 11.9 Å². The van der Waals surface area contributed by atoms with Gasteiger partial charge in [-0.2, -0.15) is 0 Å². The topological polar surface area (TPSA) is 152 Å². The van der Waals surface area contributed by atoms with E-state index in [9.17, 15) is 13.6 Å². The first-order chi connectivity index (χ1) is 24.4. The van der Waals surface area contributed by atoms with Crippen molar-refractivity contribution in [3.63, 3.8) is 0 Å². The fourth-order valence-corrected chi connectivity index (χ4v) is 5.36. The molecule has 0 spiro atoms. The van der Waals surface area contributed by atoms with E-state index in [1.165, 1.54) is 18.2 Å². The Morgan fingerprint density at radius 2 is 1.64 bits per heavy atom. The molecule has 0 bridgehead atoms. The number of rotatable bonds is 16. The number of nitrogens with zero attached hydrogens (tertiary/aromatic N) is 6. The molecule has 0 atom stereocenters. The van der Waals surface area contributed by atoms with Crippen LogP contribution in [-0.4, -0.2) is 76.2 Å². The van der Waals surface area contributed by atoms with Gasteiger partial charge in [0, 0.05) is 45.6 Å². The number of halogens is 3. The Labute approximate surface area is 291 Å². The van der Waals surface area contributed by atoms with Crippen molar-refractivity contribution in [2.45, 2.75) is 19.5 Å². The third-order valence-electron chi connectivity index (χ3n) is 7.64. The number of aromatic nitrogens is 5. The molecule has 1 aliphatic rings. The van der Waals surface area contributed by atoms with Crippen molar-refractivity contribution in [1.29, 1.82) is 0 Å². The van der Waals surface area contributed by atoms with E-state index in [2.05, 4.69) is 25.6 Å². The summed E-state index contributed by atoms with van der Waals surface area (Å²) in [7, 11) is 0. The largest absolute Gasteiger partial charge is 0.379 e. The Morgan fingerprint density at radius 3 is 2.38 bits per heavy atom. The number of carbonyl (C=O) groups is 1. The Morgan fingerprint density at radius 1 is 0.920 bits per heavy atom. The van der Waals surface area contributed by atoms with Crippen LogP contribution >= 0.6 is 11.6 Å². The summed E-state index contributed by atoms with van der Waals surface area (Å²) in [5, 5.41) is 12.1. The highest BCUT2D eigenvalue weighted by atomic mass is 35.5. The van der Waals surface area contributed by atoms with Crippen LogP contribution in [0.5, 0.6) is 0 Å². The predicted octanol–water partition coefficient (Wildman–Crippen LogP) is 5.35. The fraction of sp³-hybridized carbons (Fsp3) is 0.257. The summed E-state index contributed by atoms with van der Waals surface area (Å²) in [5.41, 5.74) is 9.69. The van der Waals surface area contributed by atoms with E-state index in [0.717, 1.165) is 11.3 Å². The molecule has 15 heteroatoms. The van der Waals surface area contributed by atoms with Crippen molar-refractivity contribution in [3.05, 3.63) is 106 Å². The van der Waals surface area contributed by atoms with Crippen LogP contribution in [0.4, 0.5) is 20.4 Å². The number of amides is 1. The summed E-state index contributed by atoms with van der Waals surface area (Å²) in [6.07, 6.45) is 3.69. The number of hydrogen-bond donors (Lipinski definition) is 2. The molecule has 3 N–H and O–H groups in total. The van der Waals surface area contributed by atoms with Crippen molar-refractivity contribution in [2.24, 2.45) is 10.7 Å². The highest BCUT2D eigenvalue weighted by molar-refractivity contribution is 6.31. The molecule has 6 rings (SSSR count). The molecule has 3 heterocycles. The van der Waals surface area contributed by atoms with Gasteiger partial charge in [-0.05, 0) is 36.4 Å². The highest BCUT2D eigenvalue weighted by Crippen LogP contribution is 2.35. The van der Waals surface area contributed by atoms with Crippen LogP contribution in [0.1, 0.15) is 23.1 Å². The zero-order chi connectivity index (χ0) is 34.9. The average molecular weight is 703 g/mol. The van der Waals surface area contributed by atoms with Gasteiger partial charge in [0.15, 0.2) is 0 Å². The maximum Gasteiger partial charge on any atom is 0.227 e. The number of nitrogens with two attached hydrogens (primary N) is 1. The normalized spacial score (nSPS) is 12.2. The van der Waals surface area contributed by atoms with Crippen LogP contribution in [0, 0.1) is 11.6 Å². The molecule has 3 aromatic carbocycles. The van der Waals surface area contributed by atoms with Crippen LogP contribution in [0.3, 0.4) is 0 Å². The van der Waals surface area contributed by atoms with Crippen LogP contribution in [0.25, 0.3) is 22.5 Å². The Balaban J connectivity index is 1.04. The number of primary amides is 1. The summed E-state index contributed by atoms with van der Waals surface area (Å²) >= 11 is 6.33. The molecule has 12 nitrogen and oxygen atoms in total. The number of benzene rings is 3. The molecule has 0 unspecified atom stereocenters. The molecule has 0 saturated heterocycles. The van der Waals surface area contributed by atoms with Crippen molar-refractivity contribution < 1.29 is 27.8 Å². The number of carbonyl (C=O) groups excluding carboxylic acids is 1. The maximum atomic E-state index is 14.9. The Bertz CT molecular complexity index is 1970. The quantitative estimate of drug-likeness (QED) is 0.130. The SMILES string of the molecule is NC(=O)CCOCCOCCOCCn1cc(-c2ccc(Nc3ncc4c(n3)-c3ccc(Cl)cc3C(c3c(F)cccc3F)=NC4)cc2)nn1. The average Bonchev–Trinajstić information content (AvgIpc) is 3.52. The van der Waals surface area contributed by atoms with E-state index in [0.29, 0.717) is 78.6 Å². The monoisotopic (exact) mass is 702 g/mol. The summed E-state index contributed by atoms with van der Waals surface area (Å²) in [6.45, 7) is 3.02. The molecule has 2 aromatic heterocycles. The lowest BCUT2D eigenvalue weighted by molar-refractivity contribution is -0.119. The van der Waals surface area contributed by atoms with Crippen LogP contribution < -0.4 is 11.1 Å². The molecule has 0 saturated carbocycles. The number of ether oxygens (including phenoxy) is 3. The van der Waals surface area contributed by atoms with Gasteiger partial charge in [0.25, 0.3) is 0 Å². The van der Waals surface area contributed by atoms with Crippen LogP contribution in [0.15, 0.2) is 78.0 Å².